The molecule has 1 aliphatic rings. The first-order chi connectivity index (χ1) is 5.33. The van der Waals surface area contributed by atoms with Crippen molar-refractivity contribution in [1.29, 1.82) is 0 Å². The van der Waals surface area contributed by atoms with Crippen LogP contribution in [0.15, 0.2) is 0 Å². The van der Waals surface area contributed by atoms with Crippen molar-refractivity contribution in [2.24, 2.45) is 5.73 Å². The van der Waals surface area contributed by atoms with Gasteiger partial charge in [-0.05, 0) is 26.2 Å². The van der Waals surface area contributed by atoms with Crippen LogP contribution in [-0.2, 0) is 0 Å². The normalized spacial score (nSPS) is 29.6. The molecular formula is C9H16N2. The van der Waals surface area contributed by atoms with E-state index in [4.69, 9.17) is 5.73 Å². The molecule has 11 heavy (non-hydrogen) atoms. The van der Waals surface area contributed by atoms with Gasteiger partial charge in [-0.2, -0.15) is 0 Å². The summed E-state index contributed by atoms with van der Waals surface area (Å²) in [4.78, 5) is 0. The molecule has 2 unspecified atom stereocenters. The molecule has 2 nitrogen and oxygen atoms in total. The van der Waals surface area contributed by atoms with Gasteiger partial charge >= 0.3 is 0 Å². The van der Waals surface area contributed by atoms with Crippen LogP contribution in [0, 0.1) is 11.8 Å². The highest BCUT2D eigenvalue weighted by Crippen LogP contribution is 2.16. The predicted molar refractivity (Wildman–Crippen MR) is 47.1 cm³/mol. The molecule has 0 radical (unpaired) electrons. The van der Waals surface area contributed by atoms with Crippen LogP contribution in [-0.4, -0.2) is 18.6 Å². The van der Waals surface area contributed by atoms with E-state index in [1.165, 1.54) is 6.42 Å². The molecule has 3 N–H and O–H groups in total. The third-order valence-corrected chi connectivity index (χ3v) is 2.13. The molecule has 0 aliphatic heterocycles. The number of nitrogens with two attached hydrogens (primary N) is 1. The van der Waals surface area contributed by atoms with Crippen molar-refractivity contribution in [3.05, 3.63) is 0 Å². The van der Waals surface area contributed by atoms with Crippen LogP contribution in [0.1, 0.15) is 26.2 Å². The molecule has 0 amide bonds. The second-order valence-corrected chi connectivity index (χ2v) is 3.08. The highest BCUT2D eigenvalue weighted by atomic mass is 14.9. The van der Waals surface area contributed by atoms with Gasteiger partial charge in [-0.15, -0.1) is 5.92 Å². The van der Waals surface area contributed by atoms with Gasteiger partial charge in [0.25, 0.3) is 0 Å². The van der Waals surface area contributed by atoms with Gasteiger partial charge in [0.05, 0.1) is 6.54 Å². The topological polar surface area (TPSA) is 38.0 Å². The maximum absolute atomic E-state index is 5.75. The predicted octanol–water partition coefficient (Wildman–Crippen LogP) is 0.479. The summed E-state index contributed by atoms with van der Waals surface area (Å²) in [6, 6.07) is 1.04. The Labute approximate surface area is 68.5 Å². The summed E-state index contributed by atoms with van der Waals surface area (Å²) in [6.45, 7) is 2.68. The van der Waals surface area contributed by atoms with E-state index >= 15 is 0 Å². The van der Waals surface area contributed by atoms with Gasteiger partial charge in [-0.3, -0.25) is 0 Å². The van der Waals surface area contributed by atoms with Crippen LogP contribution in [0.5, 0.6) is 0 Å². The molecule has 1 rings (SSSR count). The Hall–Kier alpha value is -0.520. The standard InChI is InChI=1S/C9H16N2/c1-2-3-6-11-9-5-4-8(10)7-9/h8-9,11H,4-7,10H2,1H3. The SMILES string of the molecule is CC#CCNC1CCC(N)C1. The van der Waals surface area contributed by atoms with Crippen molar-refractivity contribution in [2.75, 3.05) is 6.54 Å². The van der Waals surface area contributed by atoms with E-state index in [2.05, 4.69) is 17.2 Å². The van der Waals surface area contributed by atoms with Gasteiger partial charge in [-0.25, -0.2) is 0 Å². The molecule has 1 saturated carbocycles. The Morgan fingerprint density at radius 2 is 2.36 bits per heavy atom. The quantitative estimate of drug-likeness (QED) is 0.565. The number of nitrogens with one attached hydrogen (secondary N) is 1. The van der Waals surface area contributed by atoms with Crippen LogP contribution in [0.3, 0.4) is 0 Å². The molecule has 2 atom stereocenters. The Balaban J connectivity index is 2.11. The Morgan fingerprint density at radius 1 is 1.55 bits per heavy atom. The lowest BCUT2D eigenvalue weighted by molar-refractivity contribution is 0.551. The molecular weight excluding hydrogens is 136 g/mol. The average Bonchev–Trinajstić information content (AvgIpc) is 2.37. The Bertz CT molecular complexity index is 166. The van der Waals surface area contributed by atoms with E-state index in [0.717, 1.165) is 19.4 Å². The number of hydrogen-bond donors (Lipinski definition) is 2. The summed E-state index contributed by atoms with van der Waals surface area (Å²) < 4.78 is 0. The molecule has 0 aromatic rings. The van der Waals surface area contributed by atoms with Crippen LogP contribution in [0.2, 0.25) is 0 Å². The lowest BCUT2D eigenvalue weighted by Crippen LogP contribution is -2.28. The summed E-state index contributed by atoms with van der Waals surface area (Å²) in [6.07, 6.45) is 3.50. The molecule has 1 aliphatic carbocycles. The minimum atomic E-state index is 0.419. The first-order valence-corrected chi connectivity index (χ1v) is 4.21. The zero-order valence-electron chi connectivity index (χ0n) is 7.06. The maximum atomic E-state index is 5.75. The van der Waals surface area contributed by atoms with Crippen LogP contribution >= 0.6 is 0 Å². The highest BCUT2D eigenvalue weighted by molar-refractivity contribution is 4.98. The third-order valence-electron chi connectivity index (χ3n) is 2.13. The van der Waals surface area contributed by atoms with Crippen LogP contribution < -0.4 is 11.1 Å². The van der Waals surface area contributed by atoms with E-state index in [-0.39, 0.29) is 0 Å². The molecule has 0 heterocycles. The molecule has 0 saturated heterocycles. The monoisotopic (exact) mass is 152 g/mol. The van der Waals surface area contributed by atoms with Crippen molar-refractivity contribution in [2.45, 2.75) is 38.3 Å². The number of hydrogen-bond acceptors (Lipinski definition) is 2. The van der Waals surface area contributed by atoms with E-state index < -0.39 is 0 Å². The number of rotatable bonds is 2. The van der Waals surface area contributed by atoms with Crippen molar-refractivity contribution >= 4 is 0 Å². The highest BCUT2D eigenvalue weighted by Gasteiger charge is 2.20. The molecule has 0 bridgehead atoms. The summed E-state index contributed by atoms with van der Waals surface area (Å²) in [7, 11) is 0. The zero-order chi connectivity index (χ0) is 8.10. The van der Waals surface area contributed by atoms with E-state index in [1.807, 2.05) is 6.92 Å². The van der Waals surface area contributed by atoms with Crippen molar-refractivity contribution < 1.29 is 0 Å². The van der Waals surface area contributed by atoms with Gasteiger partial charge in [-0.1, -0.05) is 5.92 Å². The zero-order valence-corrected chi connectivity index (χ0v) is 7.06. The summed E-state index contributed by atoms with van der Waals surface area (Å²) in [5, 5.41) is 3.36. The van der Waals surface area contributed by atoms with E-state index in [1.54, 1.807) is 0 Å². The molecule has 0 spiro atoms. The fourth-order valence-electron chi connectivity index (χ4n) is 1.49. The molecule has 62 valence electrons. The van der Waals surface area contributed by atoms with Crippen molar-refractivity contribution in [3.63, 3.8) is 0 Å². The fourth-order valence-corrected chi connectivity index (χ4v) is 1.49. The second kappa shape index (κ2) is 4.38. The lowest BCUT2D eigenvalue weighted by atomic mass is 10.2. The Morgan fingerprint density at radius 3 is 2.91 bits per heavy atom. The lowest BCUT2D eigenvalue weighted by Gasteiger charge is -2.08. The van der Waals surface area contributed by atoms with E-state index in [9.17, 15) is 0 Å². The average molecular weight is 152 g/mol. The van der Waals surface area contributed by atoms with Crippen molar-refractivity contribution in [1.82, 2.24) is 5.32 Å². The van der Waals surface area contributed by atoms with Gasteiger partial charge < -0.3 is 11.1 Å². The summed E-state index contributed by atoms with van der Waals surface area (Å²) in [5.41, 5.74) is 5.75. The van der Waals surface area contributed by atoms with Gasteiger partial charge in [0, 0.05) is 12.1 Å². The molecule has 0 aromatic heterocycles. The van der Waals surface area contributed by atoms with Crippen LogP contribution in [0.4, 0.5) is 0 Å². The van der Waals surface area contributed by atoms with Crippen molar-refractivity contribution in [3.8, 4) is 11.8 Å². The van der Waals surface area contributed by atoms with Gasteiger partial charge in [0.15, 0.2) is 0 Å². The molecule has 2 heteroatoms. The summed E-state index contributed by atoms with van der Waals surface area (Å²) in [5.74, 6) is 5.85. The first kappa shape index (κ1) is 8.58. The Kier molecular flexibility index (Phi) is 3.41. The largest absolute Gasteiger partial charge is 0.328 e. The molecule has 1 fully saturated rings. The smallest absolute Gasteiger partial charge is 0.0578 e. The second-order valence-electron chi connectivity index (χ2n) is 3.08. The minimum Gasteiger partial charge on any atom is -0.328 e. The fraction of sp³-hybridized carbons (Fsp3) is 0.778. The van der Waals surface area contributed by atoms with Gasteiger partial charge in [0.2, 0.25) is 0 Å². The maximum Gasteiger partial charge on any atom is 0.0578 e. The third kappa shape index (κ3) is 2.92. The summed E-state index contributed by atoms with van der Waals surface area (Å²) >= 11 is 0. The minimum absolute atomic E-state index is 0.419. The van der Waals surface area contributed by atoms with Crippen LogP contribution in [0.25, 0.3) is 0 Å². The first-order valence-electron chi connectivity index (χ1n) is 4.21. The van der Waals surface area contributed by atoms with Gasteiger partial charge in [0.1, 0.15) is 0 Å². The van der Waals surface area contributed by atoms with E-state index in [0.29, 0.717) is 12.1 Å². The molecule has 0 aromatic carbocycles.